The molecule has 0 aliphatic carbocycles. The molecule has 0 saturated carbocycles. The lowest BCUT2D eigenvalue weighted by Gasteiger charge is -2.13. The summed E-state index contributed by atoms with van der Waals surface area (Å²) in [7, 11) is 0. The van der Waals surface area contributed by atoms with Crippen molar-refractivity contribution in [3.05, 3.63) is 52.7 Å². The lowest BCUT2D eigenvalue weighted by molar-refractivity contribution is 0.191. The van der Waals surface area contributed by atoms with Gasteiger partial charge in [0.2, 0.25) is 0 Å². The first kappa shape index (κ1) is 23.6. The standard InChI is InChI=1S/C21H29N5OS.HI/c1-4-22-21(23-10-7-11-26-16(3)12-15(2)25-26)24-14-18(27)20-13-17-8-5-6-9-19(17)28-20;/h5-6,8-9,12-13,18,27H,4,7,10-11,14H2,1-3H3,(H2,22,23,24);1H. The number of thiophene rings is 1. The number of benzene rings is 1. The lowest BCUT2D eigenvalue weighted by atomic mass is 10.2. The fourth-order valence-electron chi connectivity index (χ4n) is 3.11. The highest BCUT2D eigenvalue weighted by atomic mass is 127. The number of halogens is 1. The molecule has 3 rings (SSSR count). The number of aryl methyl sites for hydroxylation is 3. The number of rotatable bonds is 8. The maximum atomic E-state index is 10.5. The van der Waals surface area contributed by atoms with Crippen LogP contribution in [0.4, 0.5) is 0 Å². The minimum absolute atomic E-state index is 0. The fourth-order valence-corrected chi connectivity index (χ4v) is 4.15. The van der Waals surface area contributed by atoms with E-state index in [0.717, 1.165) is 42.6 Å². The number of nitrogens with one attached hydrogen (secondary N) is 2. The fraction of sp³-hybridized carbons (Fsp3) is 0.429. The zero-order valence-electron chi connectivity index (χ0n) is 17.2. The molecule has 0 radical (unpaired) electrons. The summed E-state index contributed by atoms with van der Waals surface area (Å²) in [6.07, 6.45) is 0.355. The second kappa shape index (κ2) is 11.5. The number of hydrogen-bond donors (Lipinski definition) is 3. The number of aromatic nitrogens is 2. The Balaban J connectivity index is 0.00000300. The van der Waals surface area contributed by atoms with Crippen molar-refractivity contribution >= 4 is 51.4 Å². The topological polar surface area (TPSA) is 74.5 Å². The Bertz CT molecular complexity index is 903. The van der Waals surface area contributed by atoms with Crippen LogP contribution in [0, 0.1) is 13.8 Å². The van der Waals surface area contributed by atoms with Gasteiger partial charge in [0.25, 0.3) is 0 Å². The lowest BCUT2D eigenvalue weighted by Crippen LogP contribution is -2.38. The van der Waals surface area contributed by atoms with Crippen LogP contribution >= 0.6 is 35.3 Å². The summed E-state index contributed by atoms with van der Waals surface area (Å²) in [6.45, 7) is 8.91. The average Bonchev–Trinajstić information content (AvgIpc) is 3.25. The van der Waals surface area contributed by atoms with E-state index < -0.39 is 6.10 Å². The number of fused-ring (bicyclic) bond motifs is 1. The summed E-state index contributed by atoms with van der Waals surface area (Å²) in [5, 5.41) is 22.8. The van der Waals surface area contributed by atoms with Crippen LogP contribution in [-0.4, -0.2) is 40.5 Å². The van der Waals surface area contributed by atoms with Gasteiger partial charge in [-0.25, -0.2) is 0 Å². The van der Waals surface area contributed by atoms with Crippen molar-refractivity contribution in [1.82, 2.24) is 20.4 Å². The number of aliphatic hydroxyl groups excluding tert-OH is 1. The molecule has 3 N–H and O–H groups in total. The second-order valence-corrected chi connectivity index (χ2v) is 7.97. The predicted molar refractivity (Wildman–Crippen MR) is 132 cm³/mol. The third-order valence-electron chi connectivity index (χ3n) is 4.48. The zero-order valence-corrected chi connectivity index (χ0v) is 20.3. The van der Waals surface area contributed by atoms with Gasteiger partial charge < -0.3 is 15.7 Å². The van der Waals surface area contributed by atoms with Crippen LogP contribution in [0.1, 0.15) is 35.7 Å². The molecule has 2 aromatic heterocycles. The van der Waals surface area contributed by atoms with E-state index >= 15 is 0 Å². The quantitative estimate of drug-likeness (QED) is 0.179. The summed E-state index contributed by atoms with van der Waals surface area (Å²) < 4.78 is 3.22. The number of hydrogen-bond acceptors (Lipinski definition) is 4. The van der Waals surface area contributed by atoms with E-state index in [1.807, 2.05) is 30.7 Å². The largest absolute Gasteiger partial charge is 0.386 e. The van der Waals surface area contributed by atoms with Gasteiger partial charge in [-0.15, -0.1) is 35.3 Å². The summed E-state index contributed by atoms with van der Waals surface area (Å²) in [4.78, 5) is 5.50. The van der Waals surface area contributed by atoms with Crippen LogP contribution in [0.3, 0.4) is 0 Å². The van der Waals surface area contributed by atoms with Gasteiger partial charge in [0.1, 0.15) is 6.10 Å². The number of guanidine groups is 1. The van der Waals surface area contributed by atoms with Crippen LogP contribution in [0.5, 0.6) is 0 Å². The Kier molecular flexibility index (Phi) is 9.38. The maximum absolute atomic E-state index is 10.5. The second-order valence-electron chi connectivity index (χ2n) is 6.85. The van der Waals surface area contributed by atoms with Crippen molar-refractivity contribution in [1.29, 1.82) is 0 Å². The number of aliphatic hydroxyl groups is 1. The van der Waals surface area contributed by atoms with E-state index in [9.17, 15) is 5.11 Å². The summed E-state index contributed by atoms with van der Waals surface area (Å²) >= 11 is 1.62. The van der Waals surface area contributed by atoms with Gasteiger partial charge in [-0.1, -0.05) is 18.2 Å². The molecule has 8 heteroatoms. The van der Waals surface area contributed by atoms with Crippen LogP contribution < -0.4 is 10.6 Å². The molecule has 0 aliphatic rings. The van der Waals surface area contributed by atoms with E-state index in [2.05, 4.69) is 51.9 Å². The van der Waals surface area contributed by atoms with Crippen molar-refractivity contribution in [2.75, 3.05) is 19.6 Å². The minimum Gasteiger partial charge on any atom is -0.386 e. The Hall–Kier alpha value is -1.65. The first-order valence-electron chi connectivity index (χ1n) is 9.76. The van der Waals surface area contributed by atoms with E-state index in [1.54, 1.807) is 11.3 Å². The summed E-state index contributed by atoms with van der Waals surface area (Å²) in [5.41, 5.74) is 2.24. The molecule has 0 aliphatic heterocycles. The molecule has 0 amide bonds. The van der Waals surface area contributed by atoms with E-state index in [0.29, 0.717) is 6.54 Å². The van der Waals surface area contributed by atoms with Crippen molar-refractivity contribution in [2.24, 2.45) is 4.99 Å². The molecule has 158 valence electrons. The third-order valence-corrected chi connectivity index (χ3v) is 5.70. The highest BCUT2D eigenvalue weighted by molar-refractivity contribution is 14.0. The number of nitrogens with zero attached hydrogens (tertiary/aromatic N) is 3. The smallest absolute Gasteiger partial charge is 0.191 e. The SMILES string of the molecule is CCNC(=NCC(O)c1cc2ccccc2s1)NCCCn1nc(C)cc1C.I. The van der Waals surface area contributed by atoms with Crippen LogP contribution in [0.15, 0.2) is 41.4 Å². The van der Waals surface area contributed by atoms with Gasteiger partial charge in [0, 0.05) is 34.9 Å². The minimum atomic E-state index is -0.595. The average molecular weight is 527 g/mol. The van der Waals surface area contributed by atoms with Crippen molar-refractivity contribution in [2.45, 2.75) is 39.8 Å². The van der Waals surface area contributed by atoms with E-state index in [1.165, 1.54) is 15.8 Å². The highest BCUT2D eigenvalue weighted by Gasteiger charge is 2.11. The van der Waals surface area contributed by atoms with Crippen LogP contribution in [0.2, 0.25) is 0 Å². The zero-order chi connectivity index (χ0) is 19.9. The number of aliphatic imine (C=N–C) groups is 1. The Labute approximate surface area is 193 Å². The first-order chi connectivity index (χ1) is 13.6. The monoisotopic (exact) mass is 527 g/mol. The molecule has 1 atom stereocenters. The first-order valence-corrected chi connectivity index (χ1v) is 10.6. The van der Waals surface area contributed by atoms with Gasteiger partial charge in [0.15, 0.2) is 5.96 Å². The molecule has 1 unspecified atom stereocenters. The molecular formula is C21H30IN5OS. The summed E-state index contributed by atoms with van der Waals surface area (Å²) in [6, 6.07) is 12.3. The van der Waals surface area contributed by atoms with Gasteiger partial charge >= 0.3 is 0 Å². The Morgan fingerprint density at radius 1 is 1.24 bits per heavy atom. The third kappa shape index (κ3) is 6.68. The van der Waals surface area contributed by atoms with E-state index in [4.69, 9.17) is 0 Å². The van der Waals surface area contributed by atoms with Crippen molar-refractivity contribution in [3.63, 3.8) is 0 Å². The molecule has 0 spiro atoms. The van der Waals surface area contributed by atoms with Gasteiger partial charge in [-0.2, -0.15) is 5.10 Å². The van der Waals surface area contributed by atoms with E-state index in [-0.39, 0.29) is 24.0 Å². The molecule has 1 aromatic carbocycles. The molecule has 0 saturated heterocycles. The summed E-state index contributed by atoms with van der Waals surface area (Å²) in [5.74, 6) is 0.732. The van der Waals surface area contributed by atoms with Gasteiger partial charge in [0.05, 0.1) is 12.2 Å². The molecule has 0 bridgehead atoms. The van der Waals surface area contributed by atoms with Gasteiger partial charge in [-0.3, -0.25) is 9.67 Å². The van der Waals surface area contributed by atoms with Crippen molar-refractivity contribution < 1.29 is 5.11 Å². The molecular weight excluding hydrogens is 497 g/mol. The Morgan fingerprint density at radius 3 is 2.72 bits per heavy atom. The van der Waals surface area contributed by atoms with Gasteiger partial charge in [-0.05, 0) is 50.8 Å². The molecule has 3 aromatic rings. The molecule has 0 fully saturated rings. The molecule has 29 heavy (non-hydrogen) atoms. The van der Waals surface area contributed by atoms with Crippen LogP contribution in [-0.2, 0) is 6.54 Å². The normalized spacial score (nSPS) is 12.6. The predicted octanol–water partition coefficient (Wildman–Crippen LogP) is 4.01. The molecule has 2 heterocycles. The highest BCUT2D eigenvalue weighted by Crippen LogP contribution is 2.29. The Morgan fingerprint density at radius 2 is 2.03 bits per heavy atom. The van der Waals surface area contributed by atoms with Crippen molar-refractivity contribution in [3.8, 4) is 0 Å². The van der Waals surface area contributed by atoms with Crippen LogP contribution in [0.25, 0.3) is 10.1 Å². The molecule has 6 nitrogen and oxygen atoms in total. The maximum Gasteiger partial charge on any atom is 0.191 e.